The minimum atomic E-state index is -0.654. The Balaban J connectivity index is 0.000000326. The molecule has 2 aromatic heterocycles. The van der Waals surface area contributed by atoms with E-state index in [2.05, 4.69) is 24.2 Å². The fourth-order valence-corrected chi connectivity index (χ4v) is 1.69. The lowest BCUT2D eigenvalue weighted by molar-refractivity contribution is -0.149. The van der Waals surface area contributed by atoms with Gasteiger partial charge in [-0.05, 0) is 6.92 Å². The van der Waals surface area contributed by atoms with Crippen molar-refractivity contribution in [2.45, 2.75) is 6.92 Å². The molecule has 2 aromatic rings. The number of allylic oxidation sites excluding steroid dienone is 1. The lowest BCUT2D eigenvalue weighted by Crippen LogP contribution is -2.25. The highest BCUT2D eigenvalue weighted by molar-refractivity contribution is 6.07. The monoisotopic (exact) mass is 410 g/mol. The number of rotatable bonds is 8. The van der Waals surface area contributed by atoms with Crippen molar-refractivity contribution in [1.82, 2.24) is 20.4 Å². The summed E-state index contributed by atoms with van der Waals surface area (Å²) in [6.45, 7) is 1.87. The Morgan fingerprint density at radius 1 is 1.00 bits per heavy atom. The second kappa shape index (κ2) is 12.0. The van der Waals surface area contributed by atoms with Crippen molar-refractivity contribution >= 4 is 17.7 Å². The van der Waals surface area contributed by atoms with Crippen molar-refractivity contribution in [3.8, 4) is 0 Å². The van der Waals surface area contributed by atoms with Crippen LogP contribution >= 0.6 is 0 Å². The summed E-state index contributed by atoms with van der Waals surface area (Å²) in [5.74, 6) is -1.46. The van der Waals surface area contributed by atoms with Crippen LogP contribution in [0, 0.1) is 0 Å². The number of likely N-dealkylation sites (N-methyl/N-ethyl adjacent to an activating group) is 1. The normalized spacial score (nSPS) is 10.6. The lowest BCUT2D eigenvalue weighted by atomic mass is 10.2. The Bertz CT molecular complexity index is 802. The summed E-state index contributed by atoms with van der Waals surface area (Å²) < 4.78 is 13.8. The van der Waals surface area contributed by atoms with E-state index in [1.807, 2.05) is 0 Å². The summed E-state index contributed by atoms with van der Waals surface area (Å²) in [7, 11) is 5.75. The van der Waals surface area contributed by atoms with Gasteiger partial charge in [0.05, 0.1) is 20.8 Å². The molecule has 12 heteroatoms. The second-order valence-electron chi connectivity index (χ2n) is 5.05. The smallest absolute Gasteiger partial charge is 0.357 e. The zero-order valence-corrected chi connectivity index (χ0v) is 16.6. The highest BCUT2D eigenvalue weighted by atomic mass is 16.7. The van der Waals surface area contributed by atoms with Crippen molar-refractivity contribution in [2.75, 3.05) is 34.9 Å². The predicted octanol–water partition coefficient (Wildman–Crippen LogP) is 1.11. The van der Waals surface area contributed by atoms with Crippen LogP contribution in [0.15, 0.2) is 45.5 Å². The first-order chi connectivity index (χ1) is 13.8. The Hall–Kier alpha value is -3.51. The van der Waals surface area contributed by atoms with Crippen molar-refractivity contribution in [3.05, 3.63) is 47.8 Å². The Kier molecular flexibility index (Phi) is 9.78. The summed E-state index contributed by atoms with van der Waals surface area (Å²) >= 11 is 0. The molecule has 0 aliphatic heterocycles. The van der Waals surface area contributed by atoms with Gasteiger partial charge in [0.25, 0.3) is 5.91 Å². The molecule has 0 saturated carbocycles. The molecule has 0 radical (unpaired) electrons. The molecule has 0 aliphatic rings. The molecule has 0 N–H and O–H groups in total. The first-order valence-electron chi connectivity index (χ1n) is 8.19. The van der Waals surface area contributed by atoms with Gasteiger partial charge >= 0.3 is 5.97 Å². The van der Waals surface area contributed by atoms with E-state index in [1.54, 1.807) is 6.92 Å². The van der Waals surface area contributed by atoms with Gasteiger partial charge in [0, 0.05) is 32.3 Å². The summed E-state index contributed by atoms with van der Waals surface area (Å²) in [5.41, 5.74) is 0.308. The first-order valence-corrected chi connectivity index (χ1v) is 8.19. The Morgan fingerprint density at radius 3 is 2.00 bits per heavy atom. The molecule has 0 unspecified atom stereocenters. The summed E-state index contributed by atoms with van der Waals surface area (Å²) in [5, 5.41) is 9.12. The number of nitrogens with zero attached hydrogens (tertiary/aromatic N) is 4. The number of ether oxygens (including phenoxy) is 1. The van der Waals surface area contributed by atoms with Gasteiger partial charge in [0.2, 0.25) is 5.78 Å². The Morgan fingerprint density at radius 2 is 1.55 bits per heavy atom. The summed E-state index contributed by atoms with van der Waals surface area (Å²) in [6.07, 6.45) is 3.68. The number of hydrogen-bond donors (Lipinski definition) is 0. The highest BCUT2D eigenvalue weighted by Crippen LogP contribution is 2.08. The Labute approximate surface area is 166 Å². The highest BCUT2D eigenvalue weighted by Gasteiger charge is 2.19. The molecule has 0 fully saturated rings. The number of hydroxylamine groups is 4. The number of amides is 1. The van der Waals surface area contributed by atoms with E-state index in [0.717, 1.165) is 16.2 Å². The van der Waals surface area contributed by atoms with E-state index in [9.17, 15) is 14.4 Å². The van der Waals surface area contributed by atoms with E-state index in [-0.39, 0.29) is 29.6 Å². The number of ketones is 1. The van der Waals surface area contributed by atoms with E-state index in [0.29, 0.717) is 0 Å². The van der Waals surface area contributed by atoms with Gasteiger partial charge in [0.1, 0.15) is 12.5 Å². The number of aromatic nitrogens is 2. The maximum atomic E-state index is 11.8. The molecule has 2 rings (SSSR count). The molecule has 0 atom stereocenters. The maximum Gasteiger partial charge on any atom is 0.357 e. The fraction of sp³-hybridized carbons (Fsp3) is 0.353. The number of hydrogen-bond acceptors (Lipinski definition) is 11. The second-order valence-corrected chi connectivity index (χ2v) is 5.05. The van der Waals surface area contributed by atoms with Gasteiger partial charge in [-0.15, -0.1) is 0 Å². The first kappa shape index (κ1) is 23.5. The third kappa shape index (κ3) is 7.20. The van der Waals surface area contributed by atoms with Crippen LogP contribution in [-0.2, 0) is 19.2 Å². The molecule has 0 aromatic carbocycles. The number of carbonyl (C=O) groups excluding carboxylic acids is 3. The van der Waals surface area contributed by atoms with E-state index in [4.69, 9.17) is 9.57 Å². The average molecular weight is 410 g/mol. The number of carbonyl (C=O) groups is 3. The van der Waals surface area contributed by atoms with Crippen LogP contribution in [0.2, 0.25) is 0 Å². The quantitative estimate of drug-likeness (QED) is 0.268. The molecule has 0 saturated heterocycles. The average Bonchev–Trinajstić information content (AvgIpc) is 3.44. The molecule has 12 nitrogen and oxygen atoms in total. The SMILES string of the molecule is CCOC(=O)C(=CC(=O)c1ccon1)N(C)OC.CON(C)C(=O)c1ccon1. The summed E-state index contributed by atoms with van der Waals surface area (Å²) in [4.78, 5) is 44.0. The molecule has 1 amide bonds. The zero-order valence-electron chi connectivity index (χ0n) is 16.6. The molecule has 0 aliphatic carbocycles. The van der Waals surface area contributed by atoms with Gasteiger partial charge in [-0.25, -0.2) is 9.86 Å². The fourth-order valence-electron chi connectivity index (χ4n) is 1.69. The maximum absolute atomic E-state index is 11.8. The van der Waals surface area contributed by atoms with Crippen molar-refractivity contribution in [2.24, 2.45) is 0 Å². The van der Waals surface area contributed by atoms with Crippen LogP contribution in [0.1, 0.15) is 27.9 Å². The van der Waals surface area contributed by atoms with E-state index >= 15 is 0 Å². The van der Waals surface area contributed by atoms with Gasteiger partial charge < -0.3 is 13.8 Å². The predicted molar refractivity (Wildman–Crippen MR) is 95.9 cm³/mol. The van der Waals surface area contributed by atoms with Gasteiger partial charge in [0.15, 0.2) is 17.1 Å². The topological polar surface area (TPSA) is 137 Å². The molecule has 0 bridgehead atoms. The minimum absolute atomic E-state index is 0.0210. The van der Waals surface area contributed by atoms with Crippen molar-refractivity contribution < 1.29 is 37.8 Å². The lowest BCUT2D eigenvalue weighted by Gasteiger charge is -2.17. The minimum Gasteiger partial charge on any atom is -0.461 e. The molecular formula is C17H22N4O8. The van der Waals surface area contributed by atoms with Crippen LogP contribution in [0.4, 0.5) is 0 Å². The van der Waals surface area contributed by atoms with Crippen LogP contribution < -0.4 is 0 Å². The van der Waals surface area contributed by atoms with E-state index in [1.165, 1.54) is 53.0 Å². The zero-order chi connectivity index (χ0) is 21.8. The molecular weight excluding hydrogens is 388 g/mol. The third-order valence-electron chi connectivity index (χ3n) is 3.27. The molecule has 29 heavy (non-hydrogen) atoms. The van der Waals surface area contributed by atoms with Crippen LogP contribution in [0.25, 0.3) is 0 Å². The standard InChI is InChI=1S/C11H14N2O5.C6H8N2O3/c1-4-17-11(15)9(13(2)16-3)7-10(14)8-5-6-18-12-8;1-8(10-2)6(9)5-3-4-11-7-5/h5-7H,4H2,1-3H3;3-4H,1-2H3. The summed E-state index contributed by atoms with van der Waals surface area (Å²) in [6, 6.07) is 2.87. The van der Waals surface area contributed by atoms with Gasteiger partial charge in [-0.2, -0.15) is 0 Å². The van der Waals surface area contributed by atoms with Crippen LogP contribution in [0.5, 0.6) is 0 Å². The largest absolute Gasteiger partial charge is 0.461 e. The van der Waals surface area contributed by atoms with E-state index < -0.39 is 11.8 Å². The number of esters is 1. The van der Waals surface area contributed by atoms with Gasteiger partial charge in [-0.1, -0.05) is 10.3 Å². The van der Waals surface area contributed by atoms with Gasteiger partial charge in [-0.3, -0.25) is 24.3 Å². The van der Waals surface area contributed by atoms with Crippen molar-refractivity contribution in [3.63, 3.8) is 0 Å². The van der Waals surface area contributed by atoms with Crippen molar-refractivity contribution in [1.29, 1.82) is 0 Å². The van der Waals surface area contributed by atoms with Crippen LogP contribution in [0.3, 0.4) is 0 Å². The molecule has 158 valence electrons. The molecule has 2 heterocycles. The molecule has 0 spiro atoms. The van der Waals surface area contributed by atoms with Crippen LogP contribution in [-0.4, -0.2) is 73.0 Å². The third-order valence-corrected chi connectivity index (χ3v) is 3.27.